The standard InChI is InChI=1S/C9H12N.C5H5.2ClH.Ti/c1-7-5-4-6-8(2)9(7)10-3;1-2-4-5-3-1;;;/h4-6H,1-3H3;1-5H;2*1H;/q2*-1;;;+2/p-2. The van der Waals surface area contributed by atoms with Gasteiger partial charge in [-0.15, -0.1) is 12.7 Å². The molecule has 0 saturated carbocycles. The normalized spacial score (nSPS) is 8.28. The first-order valence-electron chi connectivity index (χ1n) is 5.46. The minimum absolute atomic E-state index is 0.556. The van der Waals surface area contributed by atoms with E-state index < -0.39 is 17.0 Å². The molecule has 0 bridgehead atoms. The Morgan fingerprint density at radius 3 is 1.67 bits per heavy atom. The first-order valence-corrected chi connectivity index (χ1v) is 9.76. The third-order valence-corrected chi connectivity index (χ3v) is 2.22. The SMILES string of the molecule is C[N-]c1c(C)cccc1C.[Cl][Ti][Cl].c1cc[cH-]c1. The molecule has 4 heteroatoms. The summed E-state index contributed by atoms with van der Waals surface area (Å²) >= 11 is -0.556. The van der Waals surface area contributed by atoms with Crippen molar-refractivity contribution in [2.75, 3.05) is 7.05 Å². The van der Waals surface area contributed by atoms with Crippen LogP contribution in [0.2, 0.25) is 0 Å². The second kappa shape index (κ2) is 11.7. The minimum atomic E-state index is -0.556. The first kappa shape index (κ1) is 17.7. The predicted octanol–water partition coefficient (Wildman–Crippen LogP) is 5.72. The Kier molecular flexibility index (Phi) is 11.5. The average molecular weight is 318 g/mol. The molecule has 98 valence electrons. The van der Waals surface area contributed by atoms with Crippen molar-refractivity contribution < 1.29 is 17.0 Å². The van der Waals surface area contributed by atoms with Crippen molar-refractivity contribution in [3.8, 4) is 0 Å². The molecule has 0 atom stereocenters. The topological polar surface area (TPSA) is 14.1 Å². The molecule has 0 spiro atoms. The van der Waals surface area contributed by atoms with Crippen LogP contribution in [0, 0.1) is 13.8 Å². The molecule has 0 aliphatic carbocycles. The summed E-state index contributed by atoms with van der Waals surface area (Å²) in [5.74, 6) is 0. The number of benzene rings is 1. The molecule has 0 fully saturated rings. The summed E-state index contributed by atoms with van der Waals surface area (Å²) in [6.07, 6.45) is 0. The van der Waals surface area contributed by atoms with Gasteiger partial charge in [0.1, 0.15) is 0 Å². The van der Waals surface area contributed by atoms with Crippen LogP contribution >= 0.6 is 18.6 Å². The van der Waals surface area contributed by atoms with Crippen LogP contribution in [0.5, 0.6) is 0 Å². The molecule has 18 heavy (non-hydrogen) atoms. The fraction of sp³-hybridized carbons (Fsp3) is 0.214. The summed E-state index contributed by atoms with van der Waals surface area (Å²) in [7, 11) is 11.6. The Labute approximate surface area is 127 Å². The van der Waals surface area contributed by atoms with E-state index in [2.05, 4.69) is 37.4 Å². The van der Waals surface area contributed by atoms with Crippen molar-refractivity contribution in [2.45, 2.75) is 13.8 Å². The van der Waals surface area contributed by atoms with Gasteiger partial charge in [0.05, 0.1) is 0 Å². The molecule has 0 saturated heterocycles. The van der Waals surface area contributed by atoms with Gasteiger partial charge in [-0.3, -0.25) is 0 Å². The molecular formula is C14H17Cl2NTi-2. The molecular weight excluding hydrogens is 301 g/mol. The summed E-state index contributed by atoms with van der Waals surface area (Å²) < 4.78 is 0. The van der Waals surface area contributed by atoms with Crippen molar-refractivity contribution in [3.05, 3.63) is 65.0 Å². The smallest absolute Gasteiger partial charge is 0.172 e. The zero-order valence-electron chi connectivity index (χ0n) is 10.8. The van der Waals surface area contributed by atoms with Crippen LogP contribution in [0.3, 0.4) is 0 Å². The Hall–Kier alpha value is -0.336. The van der Waals surface area contributed by atoms with Crippen molar-refractivity contribution in [2.24, 2.45) is 0 Å². The van der Waals surface area contributed by atoms with Crippen LogP contribution in [0.15, 0.2) is 48.5 Å². The van der Waals surface area contributed by atoms with E-state index in [1.54, 1.807) is 0 Å². The number of halogens is 2. The van der Waals surface area contributed by atoms with E-state index in [0.29, 0.717) is 0 Å². The van der Waals surface area contributed by atoms with Gasteiger partial charge in [0.15, 0.2) is 0 Å². The van der Waals surface area contributed by atoms with E-state index in [0.717, 1.165) is 5.69 Å². The summed E-state index contributed by atoms with van der Waals surface area (Å²) in [5, 5.41) is 4.17. The van der Waals surface area contributed by atoms with Gasteiger partial charge in [-0.25, -0.2) is 12.1 Å². The van der Waals surface area contributed by atoms with Crippen LogP contribution in [0.4, 0.5) is 5.69 Å². The van der Waals surface area contributed by atoms with Crippen LogP contribution < -0.4 is 0 Å². The largest absolute Gasteiger partial charge is 0.214 e. The van der Waals surface area contributed by atoms with Gasteiger partial charge < -0.3 is 5.32 Å². The van der Waals surface area contributed by atoms with Gasteiger partial charge in [0.2, 0.25) is 0 Å². The maximum Gasteiger partial charge on any atom is -0.172 e. The Bertz CT molecular complexity index is 365. The molecule has 0 N–H and O–H groups in total. The van der Waals surface area contributed by atoms with Crippen molar-refractivity contribution in [1.29, 1.82) is 0 Å². The van der Waals surface area contributed by atoms with Crippen LogP contribution in [0.1, 0.15) is 11.1 Å². The summed E-state index contributed by atoms with van der Waals surface area (Å²) in [6, 6.07) is 16.2. The molecule has 0 heterocycles. The molecule has 2 aromatic carbocycles. The summed E-state index contributed by atoms with van der Waals surface area (Å²) in [5.41, 5.74) is 3.63. The van der Waals surface area contributed by atoms with Gasteiger partial charge in [0.25, 0.3) is 0 Å². The third kappa shape index (κ3) is 7.89. The van der Waals surface area contributed by atoms with E-state index in [1.165, 1.54) is 11.1 Å². The number of rotatable bonds is 1. The molecule has 0 unspecified atom stereocenters. The van der Waals surface area contributed by atoms with Crippen molar-refractivity contribution in [1.82, 2.24) is 0 Å². The van der Waals surface area contributed by atoms with Gasteiger partial charge >= 0.3 is 35.6 Å². The molecule has 2 rings (SSSR count). The zero-order chi connectivity index (χ0) is 13.8. The monoisotopic (exact) mass is 317 g/mol. The number of hydrogen-bond acceptors (Lipinski definition) is 0. The number of aryl methyl sites for hydroxylation is 2. The van der Waals surface area contributed by atoms with E-state index in [4.69, 9.17) is 18.6 Å². The predicted molar refractivity (Wildman–Crippen MR) is 78.6 cm³/mol. The molecule has 1 nitrogen and oxygen atoms in total. The van der Waals surface area contributed by atoms with Gasteiger partial charge in [-0.05, 0) is 13.8 Å². The molecule has 0 aromatic heterocycles. The maximum absolute atomic E-state index is 4.89. The number of hydrogen-bond donors (Lipinski definition) is 0. The van der Waals surface area contributed by atoms with Gasteiger partial charge in [0, 0.05) is 0 Å². The second-order valence-corrected chi connectivity index (χ2v) is 6.08. The molecule has 0 radical (unpaired) electrons. The Morgan fingerprint density at radius 1 is 1.00 bits per heavy atom. The Balaban J connectivity index is 0.000000301. The summed E-state index contributed by atoms with van der Waals surface area (Å²) in [4.78, 5) is 0. The fourth-order valence-electron chi connectivity index (χ4n) is 1.48. The quantitative estimate of drug-likeness (QED) is 0.471. The average Bonchev–Trinajstić information content (AvgIpc) is 2.89. The van der Waals surface area contributed by atoms with E-state index in [9.17, 15) is 0 Å². The first-order chi connectivity index (χ1) is 8.67. The fourth-order valence-corrected chi connectivity index (χ4v) is 1.48. The van der Waals surface area contributed by atoms with Crippen LogP contribution in [-0.2, 0) is 17.0 Å². The molecule has 0 aliphatic heterocycles. The number of nitrogens with zero attached hydrogens (tertiary/aromatic N) is 1. The summed E-state index contributed by atoms with van der Waals surface area (Å²) in [6.45, 7) is 4.16. The van der Waals surface area contributed by atoms with Crippen molar-refractivity contribution in [3.63, 3.8) is 0 Å². The second-order valence-electron chi connectivity index (χ2n) is 3.50. The number of para-hydroxylation sites is 1. The van der Waals surface area contributed by atoms with E-state index >= 15 is 0 Å². The van der Waals surface area contributed by atoms with Crippen LogP contribution in [-0.4, -0.2) is 7.05 Å². The van der Waals surface area contributed by atoms with E-state index in [-0.39, 0.29) is 0 Å². The maximum atomic E-state index is 4.89. The molecule has 0 amide bonds. The van der Waals surface area contributed by atoms with Crippen molar-refractivity contribution >= 4 is 24.3 Å². The van der Waals surface area contributed by atoms with Gasteiger partial charge in [-0.2, -0.15) is 18.2 Å². The molecule has 0 aliphatic rings. The van der Waals surface area contributed by atoms with Gasteiger partial charge in [-0.1, -0.05) is 29.3 Å². The van der Waals surface area contributed by atoms with E-state index in [1.807, 2.05) is 37.4 Å². The zero-order valence-corrected chi connectivity index (χ0v) is 13.9. The minimum Gasteiger partial charge on any atom is -0.214 e. The van der Waals surface area contributed by atoms with Crippen LogP contribution in [0.25, 0.3) is 5.32 Å². The molecule has 2 aromatic rings. The third-order valence-electron chi connectivity index (χ3n) is 2.22. The Morgan fingerprint density at radius 2 is 1.44 bits per heavy atom.